The van der Waals surface area contributed by atoms with Crippen molar-refractivity contribution in [1.29, 1.82) is 0 Å². The van der Waals surface area contributed by atoms with Crippen LogP contribution in [0.25, 0.3) is 22.6 Å². The summed E-state index contributed by atoms with van der Waals surface area (Å²) in [6.45, 7) is 3.41. The Kier molecular flexibility index (Phi) is 5.41. The zero-order chi connectivity index (χ0) is 21.3. The molecule has 5 nitrogen and oxygen atoms in total. The molecule has 1 aromatic heterocycles. The summed E-state index contributed by atoms with van der Waals surface area (Å²) in [5, 5.41) is 4.07. The summed E-state index contributed by atoms with van der Waals surface area (Å²) in [5.41, 5.74) is 1.70. The lowest BCUT2D eigenvalue weighted by Crippen LogP contribution is -2.42. The van der Waals surface area contributed by atoms with Gasteiger partial charge in [0, 0.05) is 21.3 Å². The van der Waals surface area contributed by atoms with Crippen LogP contribution in [0.15, 0.2) is 71.1 Å². The molecule has 1 N–H and O–H groups in total. The molecule has 0 aliphatic carbocycles. The van der Waals surface area contributed by atoms with Gasteiger partial charge in [0.2, 0.25) is 5.89 Å². The van der Waals surface area contributed by atoms with Gasteiger partial charge < -0.3 is 14.5 Å². The van der Waals surface area contributed by atoms with Crippen LogP contribution >= 0.6 is 23.2 Å². The molecule has 3 aromatic carbocycles. The molecule has 0 spiro atoms. The number of amides is 1. The van der Waals surface area contributed by atoms with Gasteiger partial charge in [0.25, 0.3) is 5.91 Å². The maximum atomic E-state index is 12.7. The number of aromatic nitrogens is 1. The van der Waals surface area contributed by atoms with E-state index in [1.807, 2.05) is 12.1 Å². The van der Waals surface area contributed by atoms with Crippen molar-refractivity contribution < 1.29 is 13.9 Å². The summed E-state index contributed by atoms with van der Waals surface area (Å²) in [4.78, 5) is 17.2. The van der Waals surface area contributed by atoms with Crippen LogP contribution in [0.1, 0.15) is 13.8 Å². The molecule has 1 heterocycles. The number of oxazole rings is 1. The maximum Gasteiger partial charge on any atom is 0.267 e. The molecular weight excluding hydrogens is 423 g/mol. The molecule has 30 heavy (non-hydrogen) atoms. The Morgan fingerprint density at radius 3 is 2.33 bits per heavy atom. The molecule has 0 aliphatic rings. The molecule has 1 amide bonds. The molecule has 0 saturated heterocycles. The van der Waals surface area contributed by atoms with E-state index in [1.54, 1.807) is 68.4 Å². The minimum Gasteiger partial charge on any atom is -0.478 e. The fourth-order valence-corrected chi connectivity index (χ4v) is 3.14. The predicted molar refractivity (Wildman–Crippen MR) is 119 cm³/mol. The second-order valence-corrected chi connectivity index (χ2v) is 8.10. The van der Waals surface area contributed by atoms with Crippen LogP contribution in [0, 0.1) is 0 Å². The Labute approximate surface area is 183 Å². The normalized spacial score (nSPS) is 11.5. The summed E-state index contributed by atoms with van der Waals surface area (Å²) >= 11 is 11.9. The van der Waals surface area contributed by atoms with E-state index in [0.29, 0.717) is 38.5 Å². The summed E-state index contributed by atoms with van der Waals surface area (Å²) in [5.74, 6) is 0.768. The summed E-state index contributed by atoms with van der Waals surface area (Å²) < 4.78 is 11.6. The van der Waals surface area contributed by atoms with Crippen LogP contribution in [0.4, 0.5) is 5.69 Å². The van der Waals surface area contributed by atoms with Gasteiger partial charge in [-0.05, 0) is 80.6 Å². The van der Waals surface area contributed by atoms with E-state index in [0.717, 1.165) is 5.56 Å². The van der Waals surface area contributed by atoms with Crippen molar-refractivity contribution in [1.82, 2.24) is 4.98 Å². The number of rotatable bonds is 5. The zero-order valence-corrected chi connectivity index (χ0v) is 17.8. The quantitative estimate of drug-likeness (QED) is 0.379. The summed E-state index contributed by atoms with van der Waals surface area (Å²) in [6.07, 6.45) is 0. The van der Waals surface area contributed by atoms with Gasteiger partial charge in [-0.2, -0.15) is 0 Å². The Hall–Kier alpha value is -3.02. The molecule has 0 fully saturated rings. The number of anilines is 1. The average molecular weight is 441 g/mol. The lowest BCUT2D eigenvalue weighted by Gasteiger charge is -2.25. The fraction of sp³-hybridized carbons (Fsp3) is 0.130. The van der Waals surface area contributed by atoms with Gasteiger partial charge in [0.1, 0.15) is 11.3 Å². The Balaban J connectivity index is 1.46. The third kappa shape index (κ3) is 4.42. The Bertz CT molecular complexity index is 1200. The standard InChI is InChI=1S/C23H18Cl2N2O3/c1-23(2,30-18-10-5-15(24)6-11-18)22(28)26-17-8-3-14(4-9-17)21-27-19-13-16(25)7-12-20(19)29-21/h3-13H,1-2H3,(H,26,28). The molecule has 0 unspecified atom stereocenters. The van der Waals surface area contributed by atoms with Gasteiger partial charge in [-0.25, -0.2) is 4.98 Å². The molecule has 0 radical (unpaired) electrons. The first-order valence-corrected chi connectivity index (χ1v) is 9.98. The lowest BCUT2D eigenvalue weighted by molar-refractivity contribution is -0.128. The number of carbonyl (C=O) groups is 1. The monoisotopic (exact) mass is 440 g/mol. The van der Waals surface area contributed by atoms with Crippen LogP contribution in [-0.4, -0.2) is 16.5 Å². The highest BCUT2D eigenvalue weighted by Gasteiger charge is 2.30. The van der Waals surface area contributed by atoms with Crippen LogP contribution in [0.2, 0.25) is 10.0 Å². The van der Waals surface area contributed by atoms with Crippen molar-refractivity contribution in [2.24, 2.45) is 0 Å². The first kappa shape index (κ1) is 20.3. The molecule has 0 bridgehead atoms. The van der Waals surface area contributed by atoms with Crippen molar-refractivity contribution in [2.75, 3.05) is 5.32 Å². The van der Waals surface area contributed by atoms with E-state index in [9.17, 15) is 4.79 Å². The van der Waals surface area contributed by atoms with Crippen LogP contribution in [-0.2, 0) is 4.79 Å². The predicted octanol–water partition coefficient (Wildman–Crippen LogP) is 6.60. The van der Waals surface area contributed by atoms with E-state index >= 15 is 0 Å². The van der Waals surface area contributed by atoms with Crippen molar-refractivity contribution >= 4 is 45.9 Å². The number of nitrogens with zero attached hydrogens (tertiary/aromatic N) is 1. The van der Waals surface area contributed by atoms with Crippen LogP contribution in [0.3, 0.4) is 0 Å². The highest BCUT2D eigenvalue weighted by atomic mass is 35.5. The third-order valence-corrected chi connectivity index (χ3v) is 4.96. The molecule has 4 rings (SSSR count). The lowest BCUT2D eigenvalue weighted by atomic mass is 10.1. The first-order chi connectivity index (χ1) is 14.3. The number of halogens is 2. The summed E-state index contributed by atoms with van der Waals surface area (Å²) in [7, 11) is 0. The molecule has 7 heteroatoms. The number of benzene rings is 3. The van der Waals surface area contributed by atoms with E-state index in [4.69, 9.17) is 32.4 Å². The Morgan fingerprint density at radius 2 is 1.63 bits per heavy atom. The van der Waals surface area contributed by atoms with Crippen LogP contribution in [0.5, 0.6) is 5.75 Å². The molecule has 0 atom stereocenters. The van der Waals surface area contributed by atoms with Crippen molar-refractivity contribution in [2.45, 2.75) is 19.4 Å². The van der Waals surface area contributed by atoms with Gasteiger partial charge in [-0.3, -0.25) is 4.79 Å². The second-order valence-electron chi connectivity index (χ2n) is 7.23. The molecule has 0 aliphatic heterocycles. The number of nitrogens with one attached hydrogen (secondary N) is 1. The van der Waals surface area contributed by atoms with E-state index in [-0.39, 0.29) is 5.91 Å². The van der Waals surface area contributed by atoms with Gasteiger partial charge in [0.15, 0.2) is 11.2 Å². The molecular formula is C23H18Cl2N2O3. The number of ether oxygens (including phenoxy) is 1. The summed E-state index contributed by atoms with van der Waals surface area (Å²) in [6, 6.07) is 19.4. The van der Waals surface area contributed by atoms with Crippen LogP contribution < -0.4 is 10.1 Å². The minimum absolute atomic E-state index is 0.276. The van der Waals surface area contributed by atoms with Crippen molar-refractivity contribution in [3.05, 3.63) is 76.8 Å². The third-order valence-electron chi connectivity index (χ3n) is 4.47. The second kappa shape index (κ2) is 8.01. The van der Waals surface area contributed by atoms with Crippen molar-refractivity contribution in [3.8, 4) is 17.2 Å². The maximum absolute atomic E-state index is 12.7. The van der Waals surface area contributed by atoms with Gasteiger partial charge in [-0.15, -0.1) is 0 Å². The van der Waals surface area contributed by atoms with Gasteiger partial charge >= 0.3 is 0 Å². The minimum atomic E-state index is -1.08. The highest BCUT2D eigenvalue weighted by Crippen LogP contribution is 2.27. The Morgan fingerprint density at radius 1 is 0.967 bits per heavy atom. The van der Waals surface area contributed by atoms with Gasteiger partial charge in [0.05, 0.1) is 0 Å². The molecule has 0 saturated carbocycles. The van der Waals surface area contributed by atoms with E-state index in [1.165, 1.54) is 0 Å². The number of hydrogen-bond acceptors (Lipinski definition) is 4. The number of hydrogen-bond donors (Lipinski definition) is 1. The zero-order valence-electron chi connectivity index (χ0n) is 16.3. The number of fused-ring (bicyclic) bond motifs is 1. The van der Waals surface area contributed by atoms with E-state index < -0.39 is 5.60 Å². The first-order valence-electron chi connectivity index (χ1n) is 9.23. The highest BCUT2D eigenvalue weighted by molar-refractivity contribution is 6.31. The number of carbonyl (C=O) groups excluding carboxylic acids is 1. The van der Waals surface area contributed by atoms with Crippen molar-refractivity contribution in [3.63, 3.8) is 0 Å². The SMILES string of the molecule is CC(C)(Oc1ccc(Cl)cc1)C(=O)Nc1ccc(-c2nc3cc(Cl)ccc3o2)cc1. The largest absolute Gasteiger partial charge is 0.478 e. The van der Waals surface area contributed by atoms with E-state index in [2.05, 4.69) is 10.3 Å². The molecule has 152 valence electrons. The average Bonchev–Trinajstić information content (AvgIpc) is 3.13. The topological polar surface area (TPSA) is 64.4 Å². The smallest absolute Gasteiger partial charge is 0.267 e. The fourth-order valence-electron chi connectivity index (χ4n) is 2.85. The van der Waals surface area contributed by atoms with Gasteiger partial charge in [-0.1, -0.05) is 23.2 Å². The molecule has 4 aromatic rings.